The molecule has 0 unspecified atom stereocenters. The SMILES string of the molecule is COc1ccc(COc2ccc(C(F)(F)F)cc2)c(O)c1. The zero-order valence-corrected chi connectivity index (χ0v) is 11.1. The van der Waals surface area contributed by atoms with E-state index >= 15 is 0 Å². The average Bonchev–Trinajstić information content (AvgIpc) is 2.45. The van der Waals surface area contributed by atoms with Crippen LogP contribution in [0.5, 0.6) is 17.2 Å². The Morgan fingerprint density at radius 3 is 2.14 bits per heavy atom. The highest BCUT2D eigenvalue weighted by atomic mass is 19.4. The minimum Gasteiger partial charge on any atom is -0.507 e. The summed E-state index contributed by atoms with van der Waals surface area (Å²) in [5, 5.41) is 9.74. The van der Waals surface area contributed by atoms with Crippen LogP contribution in [-0.2, 0) is 12.8 Å². The molecule has 0 heterocycles. The smallest absolute Gasteiger partial charge is 0.416 e. The second kappa shape index (κ2) is 5.95. The van der Waals surface area contributed by atoms with Crippen molar-refractivity contribution in [2.75, 3.05) is 7.11 Å². The van der Waals surface area contributed by atoms with E-state index in [1.807, 2.05) is 0 Å². The third-order valence-electron chi connectivity index (χ3n) is 2.87. The zero-order valence-electron chi connectivity index (χ0n) is 11.1. The molecule has 2 aromatic rings. The number of phenolic OH excluding ortho intramolecular Hbond substituents is 1. The van der Waals surface area contributed by atoms with Gasteiger partial charge in [-0.3, -0.25) is 0 Å². The van der Waals surface area contributed by atoms with Gasteiger partial charge in [-0.2, -0.15) is 13.2 Å². The predicted octanol–water partition coefficient (Wildman–Crippen LogP) is 4.00. The summed E-state index contributed by atoms with van der Waals surface area (Å²) in [7, 11) is 1.48. The lowest BCUT2D eigenvalue weighted by molar-refractivity contribution is -0.137. The number of hydrogen-bond acceptors (Lipinski definition) is 3. The fourth-order valence-electron chi connectivity index (χ4n) is 1.69. The van der Waals surface area contributed by atoms with Gasteiger partial charge in [0.15, 0.2) is 0 Å². The molecule has 2 aromatic carbocycles. The zero-order chi connectivity index (χ0) is 15.5. The Hall–Kier alpha value is -2.37. The summed E-state index contributed by atoms with van der Waals surface area (Å²) < 4.78 is 47.5. The monoisotopic (exact) mass is 298 g/mol. The van der Waals surface area contributed by atoms with Crippen LogP contribution in [0, 0.1) is 0 Å². The number of phenols is 1. The Bertz CT molecular complexity index is 607. The highest BCUT2D eigenvalue weighted by Crippen LogP contribution is 2.30. The van der Waals surface area contributed by atoms with E-state index in [-0.39, 0.29) is 12.4 Å². The standard InChI is InChI=1S/C15H13F3O3/c1-20-13-5-2-10(14(19)8-13)9-21-12-6-3-11(4-7-12)15(16,17)18/h2-8,19H,9H2,1H3. The summed E-state index contributed by atoms with van der Waals surface area (Å²) in [5.74, 6) is 0.797. The summed E-state index contributed by atoms with van der Waals surface area (Å²) in [5.41, 5.74) is -0.224. The predicted molar refractivity (Wildman–Crippen MR) is 70.4 cm³/mol. The molecule has 21 heavy (non-hydrogen) atoms. The van der Waals surface area contributed by atoms with Gasteiger partial charge in [0.05, 0.1) is 12.7 Å². The molecule has 0 atom stereocenters. The lowest BCUT2D eigenvalue weighted by Crippen LogP contribution is -2.04. The fourth-order valence-corrected chi connectivity index (χ4v) is 1.69. The van der Waals surface area contributed by atoms with Crippen molar-refractivity contribution in [2.24, 2.45) is 0 Å². The molecule has 0 aromatic heterocycles. The maximum Gasteiger partial charge on any atom is 0.416 e. The maximum atomic E-state index is 12.4. The van der Waals surface area contributed by atoms with Crippen molar-refractivity contribution in [1.82, 2.24) is 0 Å². The van der Waals surface area contributed by atoms with Gasteiger partial charge in [-0.25, -0.2) is 0 Å². The topological polar surface area (TPSA) is 38.7 Å². The van der Waals surface area contributed by atoms with E-state index in [1.54, 1.807) is 12.1 Å². The van der Waals surface area contributed by atoms with Crippen LogP contribution in [0.4, 0.5) is 13.2 Å². The van der Waals surface area contributed by atoms with Crippen molar-refractivity contribution >= 4 is 0 Å². The van der Waals surface area contributed by atoms with Crippen molar-refractivity contribution in [2.45, 2.75) is 12.8 Å². The number of ether oxygens (including phenoxy) is 2. The van der Waals surface area contributed by atoms with Gasteiger partial charge in [-0.15, -0.1) is 0 Å². The highest BCUT2D eigenvalue weighted by Gasteiger charge is 2.29. The van der Waals surface area contributed by atoms with Crippen LogP contribution in [0.1, 0.15) is 11.1 Å². The summed E-state index contributed by atoms with van der Waals surface area (Å²) in [4.78, 5) is 0. The van der Waals surface area contributed by atoms with Crippen molar-refractivity contribution < 1.29 is 27.8 Å². The summed E-state index contributed by atoms with van der Waals surface area (Å²) >= 11 is 0. The number of hydrogen-bond donors (Lipinski definition) is 1. The molecule has 0 aliphatic heterocycles. The largest absolute Gasteiger partial charge is 0.507 e. The van der Waals surface area contributed by atoms with Crippen molar-refractivity contribution in [3.63, 3.8) is 0 Å². The summed E-state index contributed by atoms with van der Waals surface area (Å²) in [6, 6.07) is 9.09. The molecule has 1 N–H and O–H groups in total. The number of methoxy groups -OCH3 is 1. The maximum absolute atomic E-state index is 12.4. The van der Waals surface area contributed by atoms with Gasteiger partial charge in [0.1, 0.15) is 23.9 Å². The van der Waals surface area contributed by atoms with E-state index in [9.17, 15) is 18.3 Å². The van der Waals surface area contributed by atoms with Crippen LogP contribution >= 0.6 is 0 Å². The molecule has 0 bridgehead atoms. The van der Waals surface area contributed by atoms with Gasteiger partial charge >= 0.3 is 6.18 Å². The highest BCUT2D eigenvalue weighted by molar-refractivity contribution is 5.39. The van der Waals surface area contributed by atoms with Crippen molar-refractivity contribution in [3.05, 3.63) is 53.6 Å². The molecular weight excluding hydrogens is 285 g/mol. The molecule has 0 amide bonds. The van der Waals surface area contributed by atoms with Gasteiger partial charge in [0.25, 0.3) is 0 Å². The van der Waals surface area contributed by atoms with Gasteiger partial charge in [0, 0.05) is 11.6 Å². The molecule has 3 nitrogen and oxygen atoms in total. The molecule has 6 heteroatoms. The van der Waals surface area contributed by atoms with E-state index in [1.165, 1.54) is 25.3 Å². The van der Waals surface area contributed by atoms with Crippen LogP contribution in [0.2, 0.25) is 0 Å². The lowest BCUT2D eigenvalue weighted by atomic mass is 10.2. The van der Waals surface area contributed by atoms with E-state index < -0.39 is 11.7 Å². The molecule has 0 fully saturated rings. The molecule has 0 aliphatic carbocycles. The number of aromatic hydroxyl groups is 1. The van der Waals surface area contributed by atoms with Gasteiger partial charge in [-0.1, -0.05) is 0 Å². The molecule has 0 saturated heterocycles. The van der Waals surface area contributed by atoms with Crippen LogP contribution < -0.4 is 9.47 Å². The Morgan fingerprint density at radius 2 is 1.62 bits per heavy atom. The second-order valence-corrected chi connectivity index (χ2v) is 4.31. The Labute approximate surface area is 119 Å². The number of alkyl halides is 3. The minimum atomic E-state index is -4.37. The Balaban J connectivity index is 2.03. The van der Waals surface area contributed by atoms with Crippen LogP contribution in [-0.4, -0.2) is 12.2 Å². The van der Waals surface area contributed by atoms with E-state index in [0.717, 1.165) is 12.1 Å². The molecule has 0 radical (unpaired) electrons. The first-order valence-corrected chi connectivity index (χ1v) is 6.06. The van der Waals surface area contributed by atoms with Crippen LogP contribution in [0.3, 0.4) is 0 Å². The molecule has 112 valence electrons. The molecule has 0 spiro atoms. The van der Waals surface area contributed by atoms with Crippen LogP contribution in [0.15, 0.2) is 42.5 Å². The van der Waals surface area contributed by atoms with Crippen molar-refractivity contribution in [1.29, 1.82) is 0 Å². The quantitative estimate of drug-likeness (QED) is 0.927. The number of rotatable bonds is 4. The van der Waals surface area contributed by atoms with Gasteiger partial charge < -0.3 is 14.6 Å². The molecular formula is C15H13F3O3. The van der Waals surface area contributed by atoms with Gasteiger partial charge in [0.2, 0.25) is 0 Å². The van der Waals surface area contributed by atoms with E-state index in [0.29, 0.717) is 17.1 Å². The lowest BCUT2D eigenvalue weighted by Gasteiger charge is -2.10. The third kappa shape index (κ3) is 3.81. The minimum absolute atomic E-state index is 0.00117. The first-order chi connectivity index (χ1) is 9.90. The number of halogens is 3. The Morgan fingerprint density at radius 1 is 1.00 bits per heavy atom. The van der Waals surface area contributed by atoms with E-state index in [4.69, 9.17) is 9.47 Å². The summed E-state index contributed by atoms with van der Waals surface area (Å²) in [6.45, 7) is 0.0428. The average molecular weight is 298 g/mol. The molecule has 0 aliphatic rings. The Kier molecular flexibility index (Phi) is 4.26. The fraction of sp³-hybridized carbons (Fsp3) is 0.200. The first-order valence-electron chi connectivity index (χ1n) is 6.06. The number of benzene rings is 2. The normalized spacial score (nSPS) is 11.2. The van der Waals surface area contributed by atoms with E-state index in [2.05, 4.69) is 0 Å². The summed E-state index contributed by atoms with van der Waals surface area (Å²) in [6.07, 6.45) is -4.37. The molecule has 2 rings (SSSR count). The van der Waals surface area contributed by atoms with Gasteiger partial charge in [-0.05, 0) is 36.4 Å². The van der Waals surface area contributed by atoms with Crippen molar-refractivity contribution in [3.8, 4) is 17.2 Å². The van der Waals surface area contributed by atoms with Crippen LogP contribution in [0.25, 0.3) is 0 Å². The first kappa shape index (κ1) is 15.0. The second-order valence-electron chi connectivity index (χ2n) is 4.31. The molecule has 0 saturated carbocycles. The third-order valence-corrected chi connectivity index (χ3v) is 2.87.